The van der Waals surface area contributed by atoms with Crippen LogP contribution in [0.2, 0.25) is 0 Å². The molecule has 1 N–H and O–H groups in total. The topological polar surface area (TPSA) is 21.3 Å². The Kier molecular flexibility index (Phi) is 11.6. The van der Waals surface area contributed by atoms with Gasteiger partial charge in [-0.3, -0.25) is 0 Å². The summed E-state index contributed by atoms with van der Waals surface area (Å²) in [7, 11) is 0. The summed E-state index contributed by atoms with van der Waals surface area (Å²) in [5.41, 5.74) is 2.11. The fraction of sp³-hybridized carbons (Fsp3) is 0.400. The van der Waals surface area contributed by atoms with Gasteiger partial charge in [0.15, 0.2) is 0 Å². The van der Waals surface area contributed by atoms with E-state index in [1.54, 1.807) is 0 Å². The van der Waals surface area contributed by atoms with Crippen molar-refractivity contribution in [2.75, 3.05) is 6.54 Å². The molecule has 0 heterocycles. The second-order valence-corrected chi connectivity index (χ2v) is 5.08. The summed E-state index contributed by atoms with van der Waals surface area (Å²) in [5, 5.41) is 3.20. The van der Waals surface area contributed by atoms with Crippen molar-refractivity contribution in [2.24, 2.45) is 0 Å². The van der Waals surface area contributed by atoms with Crippen LogP contribution in [0, 0.1) is 0 Å². The van der Waals surface area contributed by atoms with Gasteiger partial charge in [0, 0.05) is 12.7 Å². The standard InChI is InChI=1S/C20H31NO/c1-7-10-11-12-13-19(8-2)20(16-21-9-3)22-18(6)15-14-17(4)5/h11-16,21H,4,6-10H2,1-3,5H3/b12-11-,15-14-,19-13-,20-16-. The van der Waals surface area contributed by atoms with Crippen LogP contribution in [0.3, 0.4) is 0 Å². The van der Waals surface area contributed by atoms with Crippen molar-refractivity contribution in [3.05, 3.63) is 72.4 Å². The fourth-order valence-corrected chi connectivity index (χ4v) is 1.61. The van der Waals surface area contributed by atoms with Gasteiger partial charge in [-0.2, -0.15) is 0 Å². The van der Waals surface area contributed by atoms with Crippen LogP contribution in [0.25, 0.3) is 0 Å². The first-order chi connectivity index (χ1) is 10.5. The van der Waals surface area contributed by atoms with Gasteiger partial charge in [-0.25, -0.2) is 0 Å². The van der Waals surface area contributed by atoms with E-state index in [4.69, 9.17) is 4.74 Å². The minimum absolute atomic E-state index is 0.601. The molecule has 0 aromatic rings. The number of hydrogen-bond acceptors (Lipinski definition) is 2. The van der Waals surface area contributed by atoms with E-state index in [0.29, 0.717) is 5.76 Å². The molecule has 0 bridgehead atoms. The zero-order chi connectivity index (χ0) is 16.8. The fourth-order valence-electron chi connectivity index (χ4n) is 1.61. The molecule has 0 saturated carbocycles. The third-order valence-corrected chi connectivity index (χ3v) is 2.82. The first kappa shape index (κ1) is 20.0. The Morgan fingerprint density at radius 3 is 2.41 bits per heavy atom. The van der Waals surface area contributed by atoms with Gasteiger partial charge in [0.2, 0.25) is 0 Å². The van der Waals surface area contributed by atoms with Gasteiger partial charge in [0.25, 0.3) is 0 Å². The van der Waals surface area contributed by atoms with E-state index in [9.17, 15) is 0 Å². The summed E-state index contributed by atoms with van der Waals surface area (Å²) in [6.07, 6.45) is 15.2. The molecular formula is C20H31NO. The molecule has 0 aromatic heterocycles. The highest BCUT2D eigenvalue weighted by Crippen LogP contribution is 2.19. The van der Waals surface area contributed by atoms with Crippen LogP contribution in [0.1, 0.15) is 47.0 Å². The quantitative estimate of drug-likeness (QED) is 0.385. The van der Waals surface area contributed by atoms with Gasteiger partial charge >= 0.3 is 0 Å². The maximum absolute atomic E-state index is 5.89. The number of ether oxygens (including phenoxy) is 1. The second kappa shape index (κ2) is 12.8. The van der Waals surface area contributed by atoms with Crippen LogP contribution in [0.5, 0.6) is 0 Å². The van der Waals surface area contributed by atoms with Crippen LogP contribution >= 0.6 is 0 Å². The monoisotopic (exact) mass is 301 g/mol. The molecule has 0 aliphatic rings. The van der Waals surface area contributed by atoms with Crippen molar-refractivity contribution in [3.8, 4) is 0 Å². The Morgan fingerprint density at radius 2 is 1.86 bits per heavy atom. The largest absolute Gasteiger partial charge is 0.456 e. The summed E-state index contributed by atoms with van der Waals surface area (Å²) in [5.74, 6) is 1.41. The molecule has 0 unspecified atom stereocenters. The maximum Gasteiger partial charge on any atom is 0.146 e. The van der Waals surface area contributed by atoms with Crippen molar-refractivity contribution < 1.29 is 4.74 Å². The predicted molar refractivity (Wildman–Crippen MR) is 98.4 cm³/mol. The molecule has 2 nitrogen and oxygen atoms in total. The van der Waals surface area contributed by atoms with E-state index in [-0.39, 0.29) is 0 Å². The van der Waals surface area contributed by atoms with Gasteiger partial charge < -0.3 is 10.1 Å². The van der Waals surface area contributed by atoms with E-state index in [0.717, 1.165) is 42.7 Å². The highest BCUT2D eigenvalue weighted by molar-refractivity contribution is 5.31. The molecule has 0 spiro atoms. The molecule has 0 fully saturated rings. The van der Waals surface area contributed by atoms with Crippen LogP contribution in [-0.4, -0.2) is 6.54 Å². The van der Waals surface area contributed by atoms with E-state index in [1.807, 2.05) is 25.3 Å². The van der Waals surface area contributed by atoms with E-state index >= 15 is 0 Å². The molecular weight excluding hydrogens is 270 g/mol. The molecule has 0 radical (unpaired) electrons. The van der Waals surface area contributed by atoms with Gasteiger partial charge in [-0.1, -0.05) is 63.3 Å². The van der Waals surface area contributed by atoms with Crippen molar-refractivity contribution >= 4 is 0 Å². The molecule has 0 amide bonds. The zero-order valence-corrected chi connectivity index (χ0v) is 14.6. The van der Waals surface area contributed by atoms with Crippen molar-refractivity contribution in [1.82, 2.24) is 5.32 Å². The molecule has 0 aromatic carbocycles. The molecule has 0 aliphatic heterocycles. The van der Waals surface area contributed by atoms with Crippen molar-refractivity contribution in [3.63, 3.8) is 0 Å². The first-order valence-corrected chi connectivity index (χ1v) is 8.05. The Labute approximate surface area is 136 Å². The van der Waals surface area contributed by atoms with Crippen LogP contribution in [0.4, 0.5) is 0 Å². The summed E-state index contributed by atoms with van der Waals surface area (Å²) in [6.45, 7) is 16.9. The lowest BCUT2D eigenvalue weighted by Gasteiger charge is -2.13. The number of rotatable bonds is 11. The van der Waals surface area contributed by atoms with E-state index < -0.39 is 0 Å². The third-order valence-electron chi connectivity index (χ3n) is 2.82. The van der Waals surface area contributed by atoms with E-state index in [1.165, 1.54) is 0 Å². The SMILES string of the molecule is C=C(C)/C=C\C(=C)OC(=C\NCC)/C(=C\C=C/CCC)CC. The van der Waals surface area contributed by atoms with Gasteiger partial charge in [0.1, 0.15) is 11.5 Å². The molecule has 0 aliphatic carbocycles. The molecule has 0 atom stereocenters. The molecule has 2 heteroatoms. The summed E-state index contributed by atoms with van der Waals surface area (Å²) in [6, 6.07) is 0. The Bertz CT molecular complexity index is 464. The molecule has 122 valence electrons. The number of nitrogens with one attached hydrogen (secondary N) is 1. The average Bonchev–Trinajstić information content (AvgIpc) is 2.50. The number of hydrogen-bond donors (Lipinski definition) is 1. The van der Waals surface area contributed by atoms with Gasteiger partial charge in [-0.05, 0) is 38.3 Å². The molecule has 22 heavy (non-hydrogen) atoms. The van der Waals surface area contributed by atoms with Crippen molar-refractivity contribution in [2.45, 2.75) is 47.0 Å². The van der Waals surface area contributed by atoms with Crippen LogP contribution in [0.15, 0.2) is 72.4 Å². The predicted octanol–water partition coefficient (Wildman–Crippen LogP) is 5.79. The minimum atomic E-state index is 0.601. The molecule has 0 rings (SSSR count). The normalized spacial score (nSPS) is 12.9. The van der Waals surface area contributed by atoms with Crippen LogP contribution < -0.4 is 5.32 Å². The highest BCUT2D eigenvalue weighted by atomic mass is 16.5. The summed E-state index contributed by atoms with van der Waals surface area (Å²) in [4.78, 5) is 0. The number of unbranched alkanes of at least 4 members (excludes halogenated alkanes) is 1. The van der Waals surface area contributed by atoms with E-state index in [2.05, 4.69) is 57.5 Å². The maximum atomic E-state index is 5.89. The Morgan fingerprint density at radius 1 is 1.14 bits per heavy atom. The zero-order valence-electron chi connectivity index (χ0n) is 14.6. The molecule has 0 saturated heterocycles. The lowest BCUT2D eigenvalue weighted by Crippen LogP contribution is -2.07. The van der Waals surface area contributed by atoms with Crippen molar-refractivity contribution in [1.29, 1.82) is 0 Å². The highest BCUT2D eigenvalue weighted by Gasteiger charge is 2.05. The summed E-state index contributed by atoms with van der Waals surface area (Å²) >= 11 is 0. The van der Waals surface area contributed by atoms with Gasteiger partial charge in [0.05, 0.1) is 0 Å². The minimum Gasteiger partial charge on any atom is -0.456 e. The summed E-state index contributed by atoms with van der Waals surface area (Å²) < 4.78 is 5.89. The Balaban J connectivity index is 5.08. The smallest absolute Gasteiger partial charge is 0.146 e. The average molecular weight is 301 g/mol. The van der Waals surface area contributed by atoms with Crippen LogP contribution in [-0.2, 0) is 4.74 Å². The Hall–Kier alpha value is -1.96. The second-order valence-electron chi connectivity index (χ2n) is 5.08. The number of allylic oxidation sites excluding steroid dienone is 7. The lowest BCUT2D eigenvalue weighted by atomic mass is 10.1. The van der Waals surface area contributed by atoms with Gasteiger partial charge in [-0.15, -0.1) is 0 Å². The lowest BCUT2D eigenvalue weighted by molar-refractivity contribution is 0.326. The first-order valence-electron chi connectivity index (χ1n) is 8.05. The third kappa shape index (κ3) is 9.87.